The van der Waals surface area contributed by atoms with Crippen LogP contribution in [-0.2, 0) is 16.4 Å². The lowest BCUT2D eigenvalue weighted by Gasteiger charge is -2.04. The highest BCUT2D eigenvalue weighted by atomic mass is 32.2. The van der Waals surface area contributed by atoms with E-state index in [0.29, 0.717) is 13.0 Å². The molecule has 0 bridgehead atoms. The van der Waals surface area contributed by atoms with Crippen LogP contribution >= 0.6 is 0 Å². The average Bonchev–Trinajstić information content (AvgIpc) is 2.17. The van der Waals surface area contributed by atoms with Crippen LogP contribution in [0.15, 0.2) is 24.3 Å². The Kier molecular flexibility index (Phi) is 4.07. The Hall–Kier alpha value is -1.11. The molecule has 4 N–H and O–H groups in total. The summed E-state index contributed by atoms with van der Waals surface area (Å²) in [6.07, 6.45) is 1.81. The van der Waals surface area contributed by atoms with Crippen molar-refractivity contribution in [2.24, 2.45) is 5.84 Å². The van der Waals surface area contributed by atoms with Crippen molar-refractivity contribution in [1.82, 2.24) is 4.72 Å². The monoisotopic (exact) mass is 229 g/mol. The Morgan fingerprint density at radius 2 is 1.87 bits per heavy atom. The van der Waals surface area contributed by atoms with Crippen LogP contribution in [0.3, 0.4) is 0 Å². The second-order valence-electron chi connectivity index (χ2n) is 3.26. The highest BCUT2D eigenvalue weighted by Crippen LogP contribution is 2.07. The molecule has 15 heavy (non-hydrogen) atoms. The highest BCUT2D eigenvalue weighted by molar-refractivity contribution is 7.88. The molecule has 0 atom stereocenters. The Morgan fingerprint density at radius 3 is 2.33 bits per heavy atom. The molecular weight excluding hydrogens is 214 g/mol. The minimum Gasteiger partial charge on any atom is -0.324 e. The molecule has 0 saturated carbocycles. The molecular formula is C9H15N3O2S. The van der Waals surface area contributed by atoms with Crippen molar-refractivity contribution in [3.63, 3.8) is 0 Å². The Morgan fingerprint density at radius 1 is 1.27 bits per heavy atom. The van der Waals surface area contributed by atoms with Gasteiger partial charge in [-0.3, -0.25) is 5.84 Å². The predicted molar refractivity (Wildman–Crippen MR) is 60.8 cm³/mol. The summed E-state index contributed by atoms with van der Waals surface area (Å²) in [5, 5.41) is 0. The van der Waals surface area contributed by atoms with Crippen LogP contribution in [0.5, 0.6) is 0 Å². The van der Waals surface area contributed by atoms with Gasteiger partial charge in [-0.2, -0.15) is 0 Å². The first-order valence-corrected chi connectivity index (χ1v) is 6.40. The SMILES string of the molecule is CS(=O)(=O)NCCc1ccc(NN)cc1. The minimum absolute atomic E-state index is 0.411. The third-order valence-electron chi connectivity index (χ3n) is 1.90. The standard InChI is InChI=1S/C9H15N3O2S/c1-15(13,14)11-7-6-8-2-4-9(12-10)5-3-8/h2-5,11-12H,6-7,10H2,1H3. The molecule has 0 aromatic heterocycles. The van der Waals surface area contributed by atoms with E-state index in [-0.39, 0.29) is 0 Å². The average molecular weight is 229 g/mol. The van der Waals surface area contributed by atoms with Crippen LogP contribution in [-0.4, -0.2) is 21.2 Å². The van der Waals surface area contributed by atoms with E-state index >= 15 is 0 Å². The van der Waals surface area contributed by atoms with E-state index in [1.807, 2.05) is 24.3 Å². The van der Waals surface area contributed by atoms with Gasteiger partial charge in [-0.25, -0.2) is 13.1 Å². The summed E-state index contributed by atoms with van der Waals surface area (Å²) in [6, 6.07) is 7.49. The highest BCUT2D eigenvalue weighted by Gasteiger charge is 1.99. The van der Waals surface area contributed by atoms with Crippen LogP contribution < -0.4 is 16.0 Å². The molecule has 6 heteroatoms. The zero-order chi connectivity index (χ0) is 11.3. The topological polar surface area (TPSA) is 84.2 Å². The van der Waals surface area contributed by atoms with E-state index in [0.717, 1.165) is 17.5 Å². The molecule has 0 radical (unpaired) electrons. The number of anilines is 1. The van der Waals surface area contributed by atoms with Gasteiger partial charge in [0.15, 0.2) is 0 Å². The van der Waals surface area contributed by atoms with E-state index in [1.54, 1.807) is 0 Å². The molecule has 0 fully saturated rings. The Labute approximate surface area is 89.7 Å². The summed E-state index contributed by atoms with van der Waals surface area (Å²) < 4.78 is 24.0. The second-order valence-corrected chi connectivity index (χ2v) is 5.09. The summed E-state index contributed by atoms with van der Waals surface area (Å²) >= 11 is 0. The van der Waals surface area contributed by atoms with Gasteiger partial charge >= 0.3 is 0 Å². The van der Waals surface area contributed by atoms with Gasteiger partial charge in [0.25, 0.3) is 0 Å². The molecule has 0 heterocycles. The van der Waals surface area contributed by atoms with Gasteiger partial charge in [0, 0.05) is 12.2 Å². The number of hydrogen-bond acceptors (Lipinski definition) is 4. The third kappa shape index (κ3) is 4.78. The van der Waals surface area contributed by atoms with Gasteiger partial charge in [0.1, 0.15) is 0 Å². The van der Waals surface area contributed by atoms with Crippen molar-refractivity contribution in [2.75, 3.05) is 18.2 Å². The molecule has 0 unspecified atom stereocenters. The molecule has 84 valence electrons. The zero-order valence-electron chi connectivity index (χ0n) is 8.53. The predicted octanol–water partition coefficient (Wildman–Crippen LogP) is 0.0639. The second kappa shape index (κ2) is 5.11. The lowest BCUT2D eigenvalue weighted by atomic mass is 10.1. The number of rotatable bonds is 5. The van der Waals surface area contributed by atoms with Crippen LogP contribution in [0.25, 0.3) is 0 Å². The number of sulfonamides is 1. The summed E-state index contributed by atoms with van der Waals surface area (Å²) in [5.74, 6) is 5.22. The van der Waals surface area contributed by atoms with Crippen LogP contribution in [0, 0.1) is 0 Å². The van der Waals surface area contributed by atoms with E-state index < -0.39 is 10.0 Å². The summed E-state index contributed by atoms with van der Waals surface area (Å²) in [4.78, 5) is 0. The first kappa shape index (κ1) is 12.0. The number of benzene rings is 1. The Balaban J connectivity index is 2.45. The number of nitrogens with one attached hydrogen (secondary N) is 2. The molecule has 1 aromatic rings. The van der Waals surface area contributed by atoms with Crippen molar-refractivity contribution >= 4 is 15.7 Å². The van der Waals surface area contributed by atoms with Gasteiger partial charge in [-0.15, -0.1) is 0 Å². The fraction of sp³-hybridized carbons (Fsp3) is 0.333. The van der Waals surface area contributed by atoms with Crippen LogP contribution in [0.1, 0.15) is 5.56 Å². The third-order valence-corrected chi connectivity index (χ3v) is 2.63. The van der Waals surface area contributed by atoms with Crippen molar-refractivity contribution in [1.29, 1.82) is 0 Å². The quantitative estimate of drug-likeness (QED) is 0.492. The van der Waals surface area contributed by atoms with Gasteiger partial charge in [-0.1, -0.05) is 12.1 Å². The van der Waals surface area contributed by atoms with Crippen molar-refractivity contribution < 1.29 is 8.42 Å². The van der Waals surface area contributed by atoms with E-state index in [4.69, 9.17) is 5.84 Å². The van der Waals surface area contributed by atoms with Gasteiger partial charge in [0.2, 0.25) is 10.0 Å². The maximum Gasteiger partial charge on any atom is 0.208 e. The molecule has 1 aromatic carbocycles. The molecule has 0 spiro atoms. The molecule has 0 aliphatic carbocycles. The summed E-state index contributed by atoms with van der Waals surface area (Å²) in [7, 11) is -3.09. The molecule has 0 amide bonds. The molecule has 0 aliphatic rings. The smallest absolute Gasteiger partial charge is 0.208 e. The van der Waals surface area contributed by atoms with Crippen molar-refractivity contribution in [3.8, 4) is 0 Å². The van der Waals surface area contributed by atoms with E-state index in [9.17, 15) is 8.42 Å². The zero-order valence-corrected chi connectivity index (χ0v) is 9.34. The number of hydrogen-bond donors (Lipinski definition) is 3. The number of nitrogen functional groups attached to an aromatic ring is 1. The first-order chi connectivity index (χ1) is 7.01. The van der Waals surface area contributed by atoms with Crippen molar-refractivity contribution in [3.05, 3.63) is 29.8 Å². The molecule has 5 nitrogen and oxygen atoms in total. The van der Waals surface area contributed by atoms with Gasteiger partial charge in [-0.05, 0) is 24.1 Å². The fourth-order valence-corrected chi connectivity index (χ4v) is 1.62. The lowest BCUT2D eigenvalue weighted by Crippen LogP contribution is -2.24. The van der Waals surface area contributed by atoms with Gasteiger partial charge in [0.05, 0.1) is 6.26 Å². The first-order valence-electron chi connectivity index (χ1n) is 4.51. The molecule has 0 saturated heterocycles. The maximum atomic E-state index is 10.8. The van der Waals surface area contributed by atoms with E-state index in [2.05, 4.69) is 10.1 Å². The van der Waals surface area contributed by atoms with Crippen molar-refractivity contribution in [2.45, 2.75) is 6.42 Å². The number of nitrogens with two attached hydrogens (primary N) is 1. The normalized spacial score (nSPS) is 11.3. The largest absolute Gasteiger partial charge is 0.324 e. The lowest BCUT2D eigenvalue weighted by molar-refractivity contribution is 0.588. The maximum absolute atomic E-state index is 10.8. The van der Waals surface area contributed by atoms with Gasteiger partial charge < -0.3 is 5.43 Å². The van der Waals surface area contributed by atoms with E-state index in [1.165, 1.54) is 0 Å². The summed E-state index contributed by atoms with van der Waals surface area (Å²) in [6.45, 7) is 0.411. The van der Waals surface area contributed by atoms with Crippen LogP contribution in [0.4, 0.5) is 5.69 Å². The number of hydrazine groups is 1. The molecule has 0 aliphatic heterocycles. The molecule has 1 rings (SSSR count). The summed E-state index contributed by atoms with van der Waals surface area (Å²) in [5.41, 5.74) is 4.41. The minimum atomic E-state index is -3.09. The Bertz CT molecular complexity index is 400. The fourth-order valence-electron chi connectivity index (χ4n) is 1.15. The van der Waals surface area contributed by atoms with Crippen LogP contribution in [0.2, 0.25) is 0 Å².